The van der Waals surface area contributed by atoms with Crippen molar-refractivity contribution in [3.8, 4) is 0 Å². The topological polar surface area (TPSA) is 45.8 Å². The Morgan fingerprint density at radius 2 is 2.00 bits per heavy atom. The van der Waals surface area contributed by atoms with Gasteiger partial charge in [-0.2, -0.15) is 0 Å². The molecular weight excluding hydrogens is 212 g/mol. The van der Waals surface area contributed by atoms with Gasteiger partial charge < -0.3 is 4.98 Å². The van der Waals surface area contributed by atoms with Gasteiger partial charge in [-0.05, 0) is 24.3 Å². The Morgan fingerprint density at radius 1 is 1.24 bits per heavy atom. The van der Waals surface area contributed by atoms with E-state index in [1.165, 1.54) is 24.8 Å². The number of H-pyrrole nitrogens is 1. The molecule has 1 aromatic carbocycles. The first-order valence-electron chi connectivity index (χ1n) is 5.98. The molecule has 2 aromatic rings. The Labute approximate surface area is 99.9 Å². The largest absolute Gasteiger partial charge is 0.342 e. The molecule has 0 saturated heterocycles. The van der Waals surface area contributed by atoms with E-state index in [9.17, 15) is 4.79 Å². The highest BCUT2D eigenvalue weighted by molar-refractivity contribution is 6.06. The van der Waals surface area contributed by atoms with Gasteiger partial charge in [-0.1, -0.05) is 30.7 Å². The van der Waals surface area contributed by atoms with E-state index >= 15 is 0 Å². The van der Waals surface area contributed by atoms with Crippen molar-refractivity contribution in [2.45, 2.75) is 25.2 Å². The number of carbonyl (C=O) groups excluding carboxylic acids is 1. The molecule has 3 rings (SSSR count). The lowest BCUT2D eigenvalue weighted by molar-refractivity contribution is 0.103. The Kier molecular flexibility index (Phi) is 2.52. The highest BCUT2D eigenvalue weighted by Crippen LogP contribution is 2.36. The van der Waals surface area contributed by atoms with Crippen LogP contribution in [-0.4, -0.2) is 15.8 Å². The molecule has 0 unspecified atom stereocenters. The lowest BCUT2D eigenvalue weighted by atomic mass is 9.80. The lowest BCUT2D eigenvalue weighted by Crippen LogP contribution is -2.09. The molecule has 3 heteroatoms. The molecule has 86 valence electrons. The minimum atomic E-state index is -0.0461. The first kappa shape index (κ1) is 10.3. The molecule has 0 amide bonds. The van der Waals surface area contributed by atoms with Crippen molar-refractivity contribution in [3.05, 3.63) is 53.6 Å². The monoisotopic (exact) mass is 226 g/mol. The number of hydrogen-bond donors (Lipinski definition) is 1. The molecule has 1 saturated carbocycles. The Bertz CT molecular complexity index is 510. The first-order valence-corrected chi connectivity index (χ1v) is 5.98. The molecule has 0 atom stereocenters. The molecule has 0 aliphatic heterocycles. The van der Waals surface area contributed by atoms with E-state index in [0.29, 0.717) is 17.3 Å². The summed E-state index contributed by atoms with van der Waals surface area (Å²) in [6.45, 7) is 0. The summed E-state index contributed by atoms with van der Waals surface area (Å²) in [7, 11) is 0. The van der Waals surface area contributed by atoms with Crippen LogP contribution in [-0.2, 0) is 0 Å². The predicted molar refractivity (Wildman–Crippen MR) is 65.1 cm³/mol. The zero-order chi connectivity index (χ0) is 11.7. The van der Waals surface area contributed by atoms with Crippen LogP contribution in [0.1, 0.15) is 46.9 Å². The van der Waals surface area contributed by atoms with Crippen LogP contribution >= 0.6 is 0 Å². The van der Waals surface area contributed by atoms with E-state index in [0.717, 1.165) is 0 Å². The lowest BCUT2D eigenvalue weighted by Gasteiger charge is -2.25. The quantitative estimate of drug-likeness (QED) is 0.818. The van der Waals surface area contributed by atoms with Crippen LogP contribution in [0, 0.1) is 0 Å². The van der Waals surface area contributed by atoms with Crippen LogP contribution in [0.2, 0.25) is 0 Å². The summed E-state index contributed by atoms with van der Waals surface area (Å²) in [5.74, 6) is 1.07. The summed E-state index contributed by atoms with van der Waals surface area (Å²) in [5, 5.41) is 0. The van der Waals surface area contributed by atoms with Crippen molar-refractivity contribution < 1.29 is 4.79 Å². The van der Waals surface area contributed by atoms with Gasteiger partial charge in [0.2, 0.25) is 5.78 Å². The summed E-state index contributed by atoms with van der Waals surface area (Å²) >= 11 is 0. The van der Waals surface area contributed by atoms with Crippen LogP contribution in [0.25, 0.3) is 0 Å². The highest BCUT2D eigenvalue weighted by Gasteiger charge is 2.19. The molecule has 1 aromatic heterocycles. The molecule has 1 aliphatic rings. The molecule has 3 nitrogen and oxygen atoms in total. The number of aromatic nitrogens is 2. The van der Waals surface area contributed by atoms with E-state index in [-0.39, 0.29) is 5.78 Å². The van der Waals surface area contributed by atoms with Crippen molar-refractivity contribution in [3.63, 3.8) is 0 Å². The maximum absolute atomic E-state index is 12.0. The van der Waals surface area contributed by atoms with Crippen LogP contribution in [0.3, 0.4) is 0 Å². The SMILES string of the molecule is O=C(c1ccc(C2CCC2)cc1)c1ncc[nH]1. The fourth-order valence-electron chi connectivity index (χ4n) is 2.17. The van der Waals surface area contributed by atoms with E-state index in [2.05, 4.69) is 22.1 Å². The van der Waals surface area contributed by atoms with Crippen LogP contribution in [0.15, 0.2) is 36.7 Å². The molecular formula is C14H14N2O. The Balaban J connectivity index is 1.82. The molecule has 1 fully saturated rings. The van der Waals surface area contributed by atoms with Crippen molar-refractivity contribution in [1.82, 2.24) is 9.97 Å². The zero-order valence-electron chi connectivity index (χ0n) is 9.52. The fraction of sp³-hybridized carbons (Fsp3) is 0.286. The fourth-order valence-corrected chi connectivity index (χ4v) is 2.17. The number of carbonyl (C=O) groups is 1. The minimum Gasteiger partial charge on any atom is -0.342 e. The van der Waals surface area contributed by atoms with Crippen molar-refractivity contribution >= 4 is 5.78 Å². The summed E-state index contributed by atoms with van der Waals surface area (Å²) in [6, 6.07) is 7.94. The summed E-state index contributed by atoms with van der Waals surface area (Å²) < 4.78 is 0. The summed E-state index contributed by atoms with van der Waals surface area (Å²) in [4.78, 5) is 18.8. The van der Waals surface area contributed by atoms with Gasteiger partial charge in [0.05, 0.1) is 0 Å². The average molecular weight is 226 g/mol. The van der Waals surface area contributed by atoms with Gasteiger partial charge in [-0.15, -0.1) is 0 Å². The maximum Gasteiger partial charge on any atom is 0.228 e. The smallest absolute Gasteiger partial charge is 0.228 e. The zero-order valence-corrected chi connectivity index (χ0v) is 9.52. The van der Waals surface area contributed by atoms with Gasteiger partial charge in [0.1, 0.15) is 0 Å². The number of nitrogens with one attached hydrogen (secondary N) is 1. The third kappa shape index (κ3) is 1.88. The van der Waals surface area contributed by atoms with E-state index in [4.69, 9.17) is 0 Å². The van der Waals surface area contributed by atoms with Gasteiger partial charge >= 0.3 is 0 Å². The number of imidazole rings is 1. The molecule has 0 bridgehead atoms. The van der Waals surface area contributed by atoms with Gasteiger partial charge in [0, 0.05) is 18.0 Å². The van der Waals surface area contributed by atoms with Crippen LogP contribution in [0.5, 0.6) is 0 Å². The Morgan fingerprint density at radius 3 is 2.53 bits per heavy atom. The van der Waals surface area contributed by atoms with Gasteiger partial charge in [0.25, 0.3) is 0 Å². The van der Waals surface area contributed by atoms with Crippen LogP contribution < -0.4 is 0 Å². The highest BCUT2D eigenvalue weighted by atomic mass is 16.1. The number of hydrogen-bond acceptors (Lipinski definition) is 2. The average Bonchev–Trinajstić information content (AvgIpc) is 2.80. The van der Waals surface area contributed by atoms with Crippen LogP contribution in [0.4, 0.5) is 0 Å². The van der Waals surface area contributed by atoms with Crippen molar-refractivity contribution in [2.24, 2.45) is 0 Å². The standard InChI is InChI=1S/C14H14N2O/c17-13(14-15-8-9-16-14)12-6-4-11(5-7-12)10-2-1-3-10/h4-10H,1-3H2,(H,15,16). The predicted octanol–water partition coefficient (Wildman–Crippen LogP) is 2.91. The second-order valence-corrected chi connectivity index (χ2v) is 4.52. The second kappa shape index (κ2) is 4.17. The minimum absolute atomic E-state index is 0.0461. The molecule has 1 aliphatic carbocycles. The van der Waals surface area contributed by atoms with Gasteiger partial charge in [0.15, 0.2) is 5.82 Å². The van der Waals surface area contributed by atoms with E-state index in [1.54, 1.807) is 12.4 Å². The third-order valence-electron chi connectivity index (χ3n) is 3.46. The Hall–Kier alpha value is -1.90. The molecule has 1 N–H and O–H groups in total. The third-order valence-corrected chi connectivity index (χ3v) is 3.46. The van der Waals surface area contributed by atoms with Gasteiger partial charge in [-0.3, -0.25) is 4.79 Å². The number of aromatic amines is 1. The number of nitrogens with zero attached hydrogens (tertiary/aromatic N) is 1. The molecule has 0 radical (unpaired) electrons. The van der Waals surface area contributed by atoms with E-state index < -0.39 is 0 Å². The van der Waals surface area contributed by atoms with E-state index in [1.807, 2.05) is 12.1 Å². The molecule has 1 heterocycles. The molecule has 0 spiro atoms. The number of ketones is 1. The summed E-state index contributed by atoms with van der Waals surface area (Å²) in [6.07, 6.45) is 7.15. The number of rotatable bonds is 3. The van der Waals surface area contributed by atoms with Crippen molar-refractivity contribution in [1.29, 1.82) is 0 Å². The van der Waals surface area contributed by atoms with Crippen molar-refractivity contribution in [2.75, 3.05) is 0 Å². The normalized spacial score (nSPS) is 15.5. The number of benzene rings is 1. The molecule has 17 heavy (non-hydrogen) atoms. The first-order chi connectivity index (χ1) is 8.34. The maximum atomic E-state index is 12.0. The summed E-state index contributed by atoms with van der Waals surface area (Å²) in [5.41, 5.74) is 2.05. The van der Waals surface area contributed by atoms with Gasteiger partial charge in [-0.25, -0.2) is 4.98 Å². The second-order valence-electron chi connectivity index (χ2n) is 4.52.